The Kier molecular flexibility index (Phi) is 8.00. The van der Waals surface area contributed by atoms with Crippen LogP contribution in [-0.2, 0) is 9.53 Å². The van der Waals surface area contributed by atoms with Crippen LogP contribution in [0, 0.1) is 0 Å². The molecule has 2 aromatic carbocycles. The number of nitrogens with one attached hydrogen (secondary N) is 2. The van der Waals surface area contributed by atoms with Gasteiger partial charge in [0.2, 0.25) is 5.91 Å². The number of carbonyl (C=O) groups excluding carboxylic acids is 1. The molecule has 8 heteroatoms. The fourth-order valence-corrected chi connectivity index (χ4v) is 3.74. The van der Waals surface area contributed by atoms with Crippen LogP contribution in [0.25, 0.3) is 22.6 Å². The summed E-state index contributed by atoms with van der Waals surface area (Å²) in [5.74, 6) is 0.956. The van der Waals surface area contributed by atoms with Crippen molar-refractivity contribution in [3.05, 3.63) is 58.6 Å². The molecule has 0 saturated heterocycles. The molecule has 1 heterocycles. The maximum atomic E-state index is 12.1. The zero-order chi connectivity index (χ0) is 20.6. The number of nitrogens with zero attached hydrogens (tertiary/aromatic N) is 1. The highest BCUT2D eigenvalue weighted by molar-refractivity contribution is 8.00. The van der Waals surface area contributed by atoms with Crippen molar-refractivity contribution < 1.29 is 9.53 Å². The third kappa shape index (κ3) is 6.24. The number of H-pyrrole nitrogens is 1. The monoisotopic (exact) mass is 449 g/mol. The molecular formula is C21H21Cl2N3O2S. The molecule has 3 aromatic rings. The SMILES string of the molecule is COCCCNC(=O)CSc1nc(-c2ccc(Cl)cc2)[nH]c1-c1ccc(Cl)cc1. The number of hydrogen-bond donors (Lipinski definition) is 2. The number of benzene rings is 2. The minimum atomic E-state index is -0.0378. The van der Waals surface area contributed by atoms with E-state index in [0.717, 1.165) is 34.1 Å². The lowest BCUT2D eigenvalue weighted by atomic mass is 10.2. The zero-order valence-electron chi connectivity index (χ0n) is 15.9. The van der Waals surface area contributed by atoms with E-state index in [-0.39, 0.29) is 11.7 Å². The maximum absolute atomic E-state index is 12.1. The Morgan fingerprint density at radius 3 is 2.31 bits per heavy atom. The van der Waals surface area contributed by atoms with Crippen LogP contribution in [0.4, 0.5) is 0 Å². The second-order valence-corrected chi connectivity index (χ2v) is 8.10. The second-order valence-electron chi connectivity index (χ2n) is 6.26. The maximum Gasteiger partial charge on any atom is 0.230 e. The number of methoxy groups -OCH3 is 1. The quantitative estimate of drug-likeness (QED) is 0.343. The Hall–Kier alpha value is -1.99. The van der Waals surface area contributed by atoms with Gasteiger partial charge >= 0.3 is 0 Å². The van der Waals surface area contributed by atoms with Crippen molar-refractivity contribution in [3.63, 3.8) is 0 Å². The number of ether oxygens (including phenoxy) is 1. The number of amides is 1. The first-order valence-electron chi connectivity index (χ1n) is 9.07. The number of aromatic nitrogens is 2. The van der Waals surface area contributed by atoms with Crippen LogP contribution in [0.3, 0.4) is 0 Å². The molecule has 5 nitrogen and oxygen atoms in total. The Balaban J connectivity index is 1.79. The van der Waals surface area contributed by atoms with Crippen molar-refractivity contribution in [2.24, 2.45) is 0 Å². The lowest BCUT2D eigenvalue weighted by molar-refractivity contribution is -0.118. The van der Waals surface area contributed by atoms with E-state index in [1.165, 1.54) is 11.8 Å². The molecule has 2 N–H and O–H groups in total. The standard InChI is InChI=1S/C21H21Cl2N3O2S/c1-28-12-2-11-24-18(27)13-29-21-19(14-3-7-16(22)8-4-14)25-20(26-21)15-5-9-17(23)10-6-15/h3-10H,2,11-13H2,1H3,(H,24,27)(H,25,26). The van der Waals surface area contributed by atoms with Gasteiger partial charge in [0, 0.05) is 41.4 Å². The van der Waals surface area contributed by atoms with Crippen molar-refractivity contribution in [2.45, 2.75) is 11.4 Å². The van der Waals surface area contributed by atoms with Crippen molar-refractivity contribution >= 4 is 40.9 Å². The fourth-order valence-electron chi connectivity index (χ4n) is 2.65. The predicted molar refractivity (Wildman–Crippen MR) is 120 cm³/mol. The van der Waals surface area contributed by atoms with E-state index in [9.17, 15) is 4.79 Å². The molecule has 0 aliphatic carbocycles. The normalized spacial score (nSPS) is 10.9. The van der Waals surface area contributed by atoms with Gasteiger partial charge in [0.15, 0.2) is 0 Å². The van der Waals surface area contributed by atoms with Crippen LogP contribution in [0.2, 0.25) is 10.0 Å². The molecule has 0 aliphatic heterocycles. The summed E-state index contributed by atoms with van der Waals surface area (Å²) in [5.41, 5.74) is 2.72. The van der Waals surface area contributed by atoms with Gasteiger partial charge in [-0.15, -0.1) is 0 Å². The average molecular weight is 450 g/mol. The first kappa shape index (κ1) is 21.7. The van der Waals surface area contributed by atoms with Crippen LogP contribution >= 0.6 is 35.0 Å². The number of aromatic amines is 1. The molecule has 0 spiro atoms. The molecular weight excluding hydrogens is 429 g/mol. The summed E-state index contributed by atoms with van der Waals surface area (Å²) in [5, 5.41) is 4.97. The van der Waals surface area contributed by atoms with Gasteiger partial charge in [-0.25, -0.2) is 4.98 Å². The highest BCUT2D eigenvalue weighted by Gasteiger charge is 2.15. The number of rotatable bonds is 9. The van der Waals surface area contributed by atoms with E-state index < -0.39 is 0 Å². The molecule has 0 bridgehead atoms. The molecule has 0 fully saturated rings. The van der Waals surface area contributed by atoms with Gasteiger partial charge in [-0.2, -0.15) is 0 Å². The summed E-state index contributed by atoms with van der Waals surface area (Å²) >= 11 is 13.4. The summed E-state index contributed by atoms with van der Waals surface area (Å²) < 4.78 is 4.99. The molecule has 0 saturated carbocycles. The Bertz CT molecular complexity index is 944. The lowest BCUT2D eigenvalue weighted by Gasteiger charge is -2.05. The summed E-state index contributed by atoms with van der Waals surface area (Å²) in [6.07, 6.45) is 0.784. The largest absolute Gasteiger partial charge is 0.385 e. The predicted octanol–water partition coefficient (Wildman–Crippen LogP) is 5.30. The van der Waals surface area contributed by atoms with Gasteiger partial charge in [0.25, 0.3) is 0 Å². The number of hydrogen-bond acceptors (Lipinski definition) is 4. The van der Waals surface area contributed by atoms with E-state index in [4.69, 9.17) is 32.9 Å². The van der Waals surface area contributed by atoms with Crippen LogP contribution in [0.5, 0.6) is 0 Å². The van der Waals surface area contributed by atoms with E-state index in [1.54, 1.807) is 7.11 Å². The molecule has 29 heavy (non-hydrogen) atoms. The number of carbonyl (C=O) groups is 1. The number of halogens is 2. The summed E-state index contributed by atoms with van der Waals surface area (Å²) in [4.78, 5) is 20.2. The highest BCUT2D eigenvalue weighted by atomic mass is 35.5. The van der Waals surface area contributed by atoms with E-state index >= 15 is 0 Å². The molecule has 1 amide bonds. The lowest BCUT2D eigenvalue weighted by Crippen LogP contribution is -2.26. The van der Waals surface area contributed by atoms with Gasteiger partial charge in [-0.1, -0.05) is 47.1 Å². The van der Waals surface area contributed by atoms with Crippen molar-refractivity contribution in [1.29, 1.82) is 0 Å². The zero-order valence-corrected chi connectivity index (χ0v) is 18.2. The Labute approximate surface area is 184 Å². The summed E-state index contributed by atoms with van der Waals surface area (Å²) in [6, 6.07) is 15.0. The molecule has 3 rings (SSSR count). The third-order valence-electron chi connectivity index (χ3n) is 4.11. The summed E-state index contributed by atoms with van der Waals surface area (Å²) in [7, 11) is 1.64. The molecule has 0 atom stereocenters. The fraction of sp³-hybridized carbons (Fsp3) is 0.238. The minimum Gasteiger partial charge on any atom is -0.385 e. The molecule has 1 aromatic heterocycles. The van der Waals surface area contributed by atoms with Crippen molar-refractivity contribution in [3.8, 4) is 22.6 Å². The molecule has 0 aliphatic rings. The van der Waals surface area contributed by atoms with Crippen LogP contribution in [0.1, 0.15) is 6.42 Å². The van der Waals surface area contributed by atoms with Gasteiger partial charge in [0.05, 0.1) is 11.4 Å². The van der Waals surface area contributed by atoms with E-state index in [0.29, 0.717) is 23.2 Å². The minimum absolute atomic E-state index is 0.0378. The van der Waals surface area contributed by atoms with E-state index in [1.807, 2.05) is 48.5 Å². The Morgan fingerprint density at radius 2 is 1.69 bits per heavy atom. The van der Waals surface area contributed by atoms with Crippen molar-refractivity contribution in [1.82, 2.24) is 15.3 Å². The first-order valence-corrected chi connectivity index (χ1v) is 10.8. The van der Waals surface area contributed by atoms with E-state index in [2.05, 4.69) is 10.3 Å². The molecule has 152 valence electrons. The average Bonchev–Trinajstić information content (AvgIpc) is 3.15. The van der Waals surface area contributed by atoms with Crippen LogP contribution in [-0.4, -0.2) is 41.9 Å². The van der Waals surface area contributed by atoms with Crippen LogP contribution < -0.4 is 5.32 Å². The smallest absolute Gasteiger partial charge is 0.230 e. The van der Waals surface area contributed by atoms with Gasteiger partial charge in [0.1, 0.15) is 10.9 Å². The first-order chi connectivity index (χ1) is 14.1. The molecule has 0 radical (unpaired) electrons. The summed E-state index contributed by atoms with van der Waals surface area (Å²) in [6.45, 7) is 1.21. The number of imidazole rings is 1. The second kappa shape index (κ2) is 10.7. The topological polar surface area (TPSA) is 67.0 Å². The van der Waals surface area contributed by atoms with Gasteiger partial charge in [-0.3, -0.25) is 4.79 Å². The Morgan fingerprint density at radius 1 is 1.07 bits per heavy atom. The number of thioether (sulfide) groups is 1. The highest BCUT2D eigenvalue weighted by Crippen LogP contribution is 2.33. The van der Waals surface area contributed by atoms with Crippen molar-refractivity contribution in [2.75, 3.05) is 26.0 Å². The third-order valence-corrected chi connectivity index (χ3v) is 5.59. The van der Waals surface area contributed by atoms with Gasteiger partial charge in [-0.05, 0) is 42.8 Å². The van der Waals surface area contributed by atoms with Crippen LogP contribution in [0.15, 0.2) is 53.6 Å². The van der Waals surface area contributed by atoms with Gasteiger partial charge < -0.3 is 15.0 Å². The molecule has 0 unspecified atom stereocenters.